The minimum atomic E-state index is -1.58. The van der Waals surface area contributed by atoms with Crippen molar-refractivity contribution in [3.05, 3.63) is 0 Å². The van der Waals surface area contributed by atoms with Crippen LogP contribution >= 0.6 is 11.8 Å². The van der Waals surface area contributed by atoms with Gasteiger partial charge in [0.2, 0.25) is 0 Å². The summed E-state index contributed by atoms with van der Waals surface area (Å²) in [4.78, 5) is 35.8. The van der Waals surface area contributed by atoms with Crippen molar-refractivity contribution in [3.8, 4) is 0 Å². The summed E-state index contributed by atoms with van der Waals surface area (Å²) in [5.74, 6) is -1.60. The molecule has 0 saturated carbocycles. The third-order valence-electron chi connectivity index (χ3n) is 2.45. The van der Waals surface area contributed by atoms with Crippen LogP contribution in [0.15, 0.2) is 0 Å². The summed E-state index contributed by atoms with van der Waals surface area (Å²) in [5.41, 5.74) is -2.37. The first-order valence-electron chi connectivity index (χ1n) is 6.89. The normalized spacial score (nSPS) is 14.7. The Kier molecular flexibility index (Phi) is 6.94. The summed E-state index contributed by atoms with van der Waals surface area (Å²) in [6.07, 6.45) is -1.13. The van der Waals surface area contributed by atoms with Crippen molar-refractivity contribution in [1.29, 1.82) is 0 Å². The van der Waals surface area contributed by atoms with Crippen LogP contribution in [0.4, 0.5) is 4.79 Å². The van der Waals surface area contributed by atoms with Crippen LogP contribution in [-0.4, -0.2) is 41.3 Å². The predicted molar refractivity (Wildman–Crippen MR) is 84.7 cm³/mol. The minimum absolute atomic E-state index is 0.130. The van der Waals surface area contributed by atoms with Crippen molar-refractivity contribution in [1.82, 2.24) is 0 Å². The number of ether oxygens (including phenoxy) is 3. The van der Waals surface area contributed by atoms with Gasteiger partial charge < -0.3 is 14.2 Å². The fourth-order valence-electron chi connectivity index (χ4n) is 1.25. The molecule has 0 aromatic rings. The Hall–Kier alpha value is -1.24. The molecular weight excluding hydrogens is 308 g/mol. The van der Waals surface area contributed by atoms with Gasteiger partial charge in [-0.25, -0.2) is 4.79 Å². The topological polar surface area (TPSA) is 78.9 Å². The molecule has 0 N–H and O–H groups in total. The van der Waals surface area contributed by atoms with Gasteiger partial charge in [0.1, 0.15) is 5.60 Å². The van der Waals surface area contributed by atoms with Crippen molar-refractivity contribution in [3.63, 3.8) is 0 Å². The highest BCUT2D eigenvalue weighted by molar-refractivity contribution is 8.00. The van der Waals surface area contributed by atoms with Crippen molar-refractivity contribution in [2.75, 3.05) is 12.9 Å². The van der Waals surface area contributed by atoms with E-state index in [1.807, 2.05) is 20.8 Å². The van der Waals surface area contributed by atoms with Gasteiger partial charge in [-0.2, -0.15) is 11.8 Å². The summed E-state index contributed by atoms with van der Waals surface area (Å²) in [6.45, 7) is 12.2. The van der Waals surface area contributed by atoms with E-state index in [0.717, 1.165) is 0 Å². The van der Waals surface area contributed by atoms with Crippen LogP contribution in [-0.2, 0) is 23.8 Å². The summed E-state index contributed by atoms with van der Waals surface area (Å²) in [5, 5.41) is 0. The van der Waals surface area contributed by atoms with Gasteiger partial charge in [0.25, 0.3) is 0 Å². The Morgan fingerprint density at radius 1 is 0.909 bits per heavy atom. The third-order valence-corrected chi connectivity index (χ3v) is 4.03. The zero-order valence-electron chi connectivity index (χ0n) is 14.6. The Morgan fingerprint density at radius 2 is 1.41 bits per heavy atom. The molecule has 0 heterocycles. The van der Waals surface area contributed by atoms with E-state index in [9.17, 15) is 14.4 Å². The molecule has 0 aliphatic carbocycles. The van der Waals surface area contributed by atoms with Crippen molar-refractivity contribution in [2.45, 2.75) is 58.8 Å². The van der Waals surface area contributed by atoms with E-state index in [1.54, 1.807) is 20.8 Å². The fraction of sp³-hybridized carbons (Fsp3) is 0.800. The summed E-state index contributed by atoms with van der Waals surface area (Å²) >= 11 is 1.40. The smallest absolute Gasteiger partial charge is 0.468 e. The molecule has 22 heavy (non-hydrogen) atoms. The molecule has 0 aliphatic rings. The van der Waals surface area contributed by atoms with Gasteiger partial charge in [0.15, 0.2) is 5.41 Å². The molecule has 0 fully saturated rings. The van der Waals surface area contributed by atoms with Gasteiger partial charge in [-0.15, -0.1) is 0 Å². The second-order valence-corrected chi connectivity index (χ2v) is 8.88. The van der Waals surface area contributed by atoms with Gasteiger partial charge in [0, 0.05) is 10.5 Å². The molecule has 0 bridgehead atoms. The van der Waals surface area contributed by atoms with Crippen LogP contribution in [0.25, 0.3) is 0 Å². The van der Waals surface area contributed by atoms with Gasteiger partial charge in [0.05, 0.1) is 7.11 Å². The van der Waals surface area contributed by atoms with Crippen LogP contribution in [0.5, 0.6) is 0 Å². The average Bonchev–Trinajstić information content (AvgIpc) is 2.31. The van der Waals surface area contributed by atoms with Crippen molar-refractivity contribution >= 4 is 29.9 Å². The minimum Gasteiger partial charge on any atom is -0.468 e. The average molecular weight is 334 g/mol. The quantitative estimate of drug-likeness (QED) is 0.577. The Labute approximate surface area is 136 Å². The Morgan fingerprint density at radius 3 is 1.77 bits per heavy atom. The van der Waals surface area contributed by atoms with E-state index in [2.05, 4.69) is 9.47 Å². The standard InChI is InChI=1S/C15H26O6S/c1-13(2,3)21-12(18)20-11(17)15(7,10(16)19-8)9-22-14(4,5)6/h9H2,1-8H3. The number of carbonyl (C=O) groups is 3. The summed E-state index contributed by atoms with van der Waals surface area (Å²) < 4.78 is 14.1. The van der Waals surface area contributed by atoms with Crippen LogP contribution in [0, 0.1) is 5.41 Å². The predicted octanol–water partition coefficient (Wildman–Crippen LogP) is 3.18. The summed E-state index contributed by atoms with van der Waals surface area (Å²) in [7, 11) is 1.18. The number of rotatable bonds is 4. The van der Waals surface area contributed by atoms with E-state index in [0.29, 0.717) is 0 Å². The molecule has 0 saturated heterocycles. The number of carbonyl (C=O) groups excluding carboxylic acids is 3. The van der Waals surface area contributed by atoms with Crippen LogP contribution in [0.1, 0.15) is 48.5 Å². The molecule has 0 radical (unpaired) electrons. The maximum atomic E-state index is 12.2. The van der Waals surface area contributed by atoms with Crippen molar-refractivity contribution < 1.29 is 28.6 Å². The van der Waals surface area contributed by atoms with Crippen molar-refractivity contribution in [2.24, 2.45) is 5.41 Å². The van der Waals surface area contributed by atoms with E-state index in [4.69, 9.17) is 4.74 Å². The molecule has 0 aromatic heterocycles. The lowest BCUT2D eigenvalue weighted by atomic mass is 9.94. The molecular formula is C15H26O6S. The van der Waals surface area contributed by atoms with Gasteiger partial charge in [-0.3, -0.25) is 9.59 Å². The lowest BCUT2D eigenvalue weighted by Crippen LogP contribution is -2.43. The molecule has 0 aliphatic heterocycles. The van der Waals surface area contributed by atoms with Crippen LogP contribution in [0.3, 0.4) is 0 Å². The van der Waals surface area contributed by atoms with E-state index in [1.165, 1.54) is 25.8 Å². The van der Waals surface area contributed by atoms with Gasteiger partial charge >= 0.3 is 18.1 Å². The first-order chi connectivity index (χ1) is 9.71. The zero-order chi connectivity index (χ0) is 17.8. The second-order valence-electron chi connectivity index (χ2n) is 7.08. The van der Waals surface area contributed by atoms with Gasteiger partial charge in [-0.1, -0.05) is 20.8 Å². The maximum absolute atomic E-state index is 12.2. The first kappa shape index (κ1) is 20.8. The first-order valence-corrected chi connectivity index (χ1v) is 7.87. The van der Waals surface area contributed by atoms with E-state index >= 15 is 0 Å². The van der Waals surface area contributed by atoms with E-state index in [-0.39, 0.29) is 10.5 Å². The van der Waals surface area contributed by atoms with E-state index < -0.39 is 29.1 Å². The second kappa shape index (κ2) is 7.35. The molecule has 0 aromatic carbocycles. The lowest BCUT2D eigenvalue weighted by molar-refractivity contribution is -0.165. The third kappa shape index (κ3) is 7.15. The molecule has 7 heteroatoms. The number of hydrogen-bond acceptors (Lipinski definition) is 7. The molecule has 0 rings (SSSR count). The molecule has 0 amide bonds. The molecule has 0 spiro atoms. The van der Waals surface area contributed by atoms with Crippen LogP contribution < -0.4 is 0 Å². The van der Waals surface area contributed by atoms with Crippen LogP contribution in [0.2, 0.25) is 0 Å². The monoisotopic (exact) mass is 334 g/mol. The molecule has 6 nitrogen and oxygen atoms in total. The lowest BCUT2D eigenvalue weighted by Gasteiger charge is -2.28. The highest BCUT2D eigenvalue weighted by Crippen LogP contribution is 2.33. The number of thioether (sulfide) groups is 1. The molecule has 128 valence electrons. The Balaban J connectivity index is 5.07. The zero-order valence-corrected chi connectivity index (χ0v) is 15.4. The summed E-state index contributed by atoms with van der Waals surface area (Å²) in [6, 6.07) is 0. The maximum Gasteiger partial charge on any atom is 0.516 e. The number of hydrogen-bond donors (Lipinski definition) is 0. The highest BCUT2D eigenvalue weighted by atomic mass is 32.2. The highest BCUT2D eigenvalue weighted by Gasteiger charge is 2.46. The largest absolute Gasteiger partial charge is 0.516 e. The number of methoxy groups -OCH3 is 1. The molecule has 1 unspecified atom stereocenters. The fourth-order valence-corrected chi connectivity index (χ4v) is 2.20. The molecule has 1 atom stereocenters. The SMILES string of the molecule is COC(=O)C(C)(CSC(C)(C)C)C(=O)OC(=O)OC(C)(C)C. The van der Waals surface area contributed by atoms with Gasteiger partial charge in [-0.05, 0) is 27.7 Å². The number of esters is 2. The Bertz CT molecular complexity index is 432.